The van der Waals surface area contributed by atoms with E-state index >= 15 is 0 Å². The van der Waals surface area contributed by atoms with Gasteiger partial charge in [-0.2, -0.15) is 0 Å². The standard InChI is InChI=1S/C20H30N4O5S/c1-19(2,3)28-17(26)23-11-9-22(10-12-23)16-21-13-7-8-24(15(25)14(13)30-16)18(27)29-20(4,5)6/h7-12H2,1-6H3. The molecule has 1 fully saturated rings. The van der Waals surface area contributed by atoms with Gasteiger partial charge in [-0.3, -0.25) is 4.79 Å². The van der Waals surface area contributed by atoms with Crippen LogP contribution in [0.25, 0.3) is 0 Å². The van der Waals surface area contributed by atoms with E-state index in [0.717, 1.165) is 15.7 Å². The molecule has 2 aliphatic rings. The molecule has 30 heavy (non-hydrogen) atoms. The van der Waals surface area contributed by atoms with Crippen molar-refractivity contribution in [2.45, 2.75) is 59.2 Å². The predicted octanol–water partition coefficient (Wildman–Crippen LogP) is 3.13. The molecule has 1 aromatic heterocycles. The van der Waals surface area contributed by atoms with Crippen LogP contribution in [-0.2, 0) is 15.9 Å². The van der Waals surface area contributed by atoms with E-state index in [0.29, 0.717) is 37.5 Å². The normalized spacial score (nSPS) is 17.7. The number of piperazine rings is 1. The highest BCUT2D eigenvalue weighted by Gasteiger charge is 2.36. The van der Waals surface area contributed by atoms with E-state index in [-0.39, 0.29) is 18.5 Å². The Hall–Kier alpha value is -2.36. The molecule has 3 amide bonds. The highest BCUT2D eigenvalue weighted by molar-refractivity contribution is 7.17. The second-order valence-electron chi connectivity index (χ2n) is 9.41. The van der Waals surface area contributed by atoms with Gasteiger partial charge in [0.2, 0.25) is 0 Å². The van der Waals surface area contributed by atoms with Gasteiger partial charge in [0, 0.05) is 39.1 Å². The third kappa shape index (κ3) is 5.21. The number of nitrogens with zero attached hydrogens (tertiary/aromatic N) is 4. The van der Waals surface area contributed by atoms with Crippen LogP contribution >= 0.6 is 11.3 Å². The van der Waals surface area contributed by atoms with Crippen LogP contribution in [0.1, 0.15) is 56.9 Å². The Balaban J connectivity index is 1.64. The van der Waals surface area contributed by atoms with Gasteiger partial charge in [0.15, 0.2) is 5.13 Å². The molecule has 0 aliphatic carbocycles. The van der Waals surface area contributed by atoms with Crippen molar-refractivity contribution in [3.05, 3.63) is 10.6 Å². The summed E-state index contributed by atoms with van der Waals surface area (Å²) in [5.74, 6) is -0.360. The summed E-state index contributed by atoms with van der Waals surface area (Å²) < 4.78 is 10.8. The van der Waals surface area contributed by atoms with Crippen LogP contribution in [0.4, 0.5) is 14.7 Å². The summed E-state index contributed by atoms with van der Waals surface area (Å²) in [6, 6.07) is 0. The van der Waals surface area contributed by atoms with Crippen molar-refractivity contribution in [1.29, 1.82) is 0 Å². The molecule has 0 aromatic carbocycles. The monoisotopic (exact) mass is 438 g/mol. The SMILES string of the molecule is CC(C)(C)OC(=O)N1CCN(c2nc3c(s2)C(=O)N(C(=O)OC(C)(C)C)CC3)CC1. The highest BCUT2D eigenvalue weighted by Crippen LogP contribution is 2.32. The van der Waals surface area contributed by atoms with E-state index in [1.807, 2.05) is 20.8 Å². The maximum Gasteiger partial charge on any atom is 0.417 e. The first-order valence-corrected chi connectivity index (χ1v) is 10.9. The van der Waals surface area contributed by atoms with E-state index in [4.69, 9.17) is 9.47 Å². The number of amides is 3. The van der Waals surface area contributed by atoms with Crippen LogP contribution in [-0.4, -0.2) is 76.8 Å². The van der Waals surface area contributed by atoms with Gasteiger partial charge in [-0.15, -0.1) is 0 Å². The number of imide groups is 1. The van der Waals surface area contributed by atoms with Crippen molar-refractivity contribution in [3.63, 3.8) is 0 Å². The lowest BCUT2D eigenvalue weighted by molar-refractivity contribution is 0.0223. The lowest BCUT2D eigenvalue weighted by atomic mass is 10.1. The topological polar surface area (TPSA) is 92.3 Å². The molecule has 1 saturated heterocycles. The third-order valence-corrected chi connectivity index (χ3v) is 5.66. The predicted molar refractivity (Wildman–Crippen MR) is 113 cm³/mol. The van der Waals surface area contributed by atoms with Crippen molar-refractivity contribution in [3.8, 4) is 0 Å². The first-order valence-electron chi connectivity index (χ1n) is 10.1. The van der Waals surface area contributed by atoms with Crippen molar-refractivity contribution < 1.29 is 23.9 Å². The van der Waals surface area contributed by atoms with Crippen molar-refractivity contribution >= 4 is 34.6 Å². The van der Waals surface area contributed by atoms with Gasteiger partial charge >= 0.3 is 12.2 Å². The minimum Gasteiger partial charge on any atom is -0.444 e. The average molecular weight is 439 g/mol. The molecule has 0 saturated carbocycles. The quantitative estimate of drug-likeness (QED) is 0.665. The van der Waals surface area contributed by atoms with Gasteiger partial charge in [0.05, 0.1) is 5.69 Å². The van der Waals surface area contributed by atoms with Crippen LogP contribution < -0.4 is 4.90 Å². The Labute approximate surface area is 180 Å². The minimum atomic E-state index is -0.662. The van der Waals surface area contributed by atoms with E-state index in [9.17, 15) is 14.4 Å². The van der Waals surface area contributed by atoms with Crippen LogP contribution in [0.2, 0.25) is 0 Å². The summed E-state index contributed by atoms with van der Waals surface area (Å²) in [6.45, 7) is 13.4. The summed E-state index contributed by atoms with van der Waals surface area (Å²) in [5, 5.41) is 0.739. The molecule has 0 spiro atoms. The van der Waals surface area contributed by atoms with E-state index < -0.39 is 17.3 Å². The van der Waals surface area contributed by atoms with Gasteiger partial charge in [0.1, 0.15) is 16.1 Å². The van der Waals surface area contributed by atoms with E-state index in [2.05, 4.69) is 9.88 Å². The third-order valence-electron chi connectivity index (χ3n) is 4.51. The lowest BCUT2D eigenvalue weighted by Crippen LogP contribution is -2.50. The van der Waals surface area contributed by atoms with Gasteiger partial charge in [0.25, 0.3) is 5.91 Å². The van der Waals surface area contributed by atoms with E-state index in [1.54, 1.807) is 25.7 Å². The molecule has 10 heteroatoms. The smallest absolute Gasteiger partial charge is 0.417 e. The number of hydrogen-bond donors (Lipinski definition) is 0. The molecular formula is C20H30N4O5S. The van der Waals surface area contributed by atoms with Crippen LogP contribution in [0, 0.1) is 0 Å². The Kier molecular flexibility index (Phi) is 5.99. The first kappa shape index (κ1) is 22.3. The number of ether oxygens (including phenoxy) is 2. The second kappa shape index (κ2) is 8.05. The van der Waals surface area contributed by atoms with Gasteiger partial charge in [-0.1, -0.05) is 11.3 Å². The van der Waals surface area contributed by atoms with E-state index in [1.165, 1.54) is 11.3 Å². The molecule has 3 rings (SSSR count). The maximum atomic E-state index is 12.8. The summed E-state index contributed by atoms with van der Waals surface area (Å²) in [4.78, 5) is 47.4. The molecule has 0 atom stereocenters. The van der Waals surface area contributed by atoms with Gasteiger partial charge < -0.3 is 19.3 Å². The molecule has 0 bridgehead atoms. The summed E-state index contributed by atoms with van der Waals surface area (Å²) in [5.41, 5.74) is -0.470. The zero-order valence-corrected chi connectivity index (χ0v) is 19.3. The average Bonchev–Trinajstić information content (AvgIpc) is 3.04. The molecule has 0 radical (unpaired) electrons. The van der Waals surface area contributed by atoms with Gasteiger partial charge in [-0.25, -0.2) is 19.5 Å². The number of rotatable bonds is 1. The van der Waals surface area contributed by atoms with Crippen LogP contribution in [0.5, 0.6) is 0 Å². The molecule has 0 unspecified atom stereocenters. The van der Waals surface area contributed by atoms with Crippen molar-refractivity contribution in [2.75, 3.05) is 37.6 Å². The highest BCUT2D eigenvalue weighted by atomic mass is 32.1. The molecule has 2 aliphatic heterocycles. The Bertz CT molecular complexity index is 831. The first-order chi connectivity index (χ1) is 13.8. The molecule has 1 aromatic rings. The Morgan fingerprint density at radius 1 is 0.900 bits per heavy atom. The molecular weight excluding hydrogens is 408 g/mol. The fraction of sp³-hybridized carbons (Fsp3) is 0.700. The van der Waals surface area contributed by atoms with Crippen LogP contribution in [0.15, 0.2) is 0 Å². The number of thiazole rings is 1. The fourth-order valence-electron chi connectivity index (χ4n) is 3.15. The van der Waals surface area contributed by atoms with Crippen molar-refractivity contribution in [2.24, 2.45) is 0 Å². The Morgan fingerprint density at radius 3 is 2.03 bits per heavy atom. The largest absolute Gasteiger partial charge is 0.444 e. The lowest BCUT2D eigenvalue weighted by Gasteiger charge is -2.35. The zero-order chi connectivity index (χ0) is 22.3. The van der Waals surface area contributed by atoms with Gasteiger partial charge in [-0.05, 0) is 41.5 Å². The zero-order valence-electron chi connectivity index (χ0n) is 18.5. The number of carbonyl (C=O) groups excluding carboxylic acids is 3. The maximum absolute atomic E-state index is 12.8. The molecule has 0 N–H and O–H groups in total. The number of fused-ring (bicyclic) bond motifs is 1. The fourth-order valence-corrected chi connectivity index (χ4v) is 4.26. The number of carbonyl (C=O) groups is 3. The number of hydrogen-bond acceptors (Lipinski definition) is 8. The summed E-state index contributed by atoms with van der Waals surface area (Å²) in [7, 11) is 0. The molecule has 9 nitrogen and oxygen atoms in total. The minimum absolute atomic E-state index is 0.260. The second-order valence-corrected chi connectivity index (χ2v) is 10.4. The Morgan fingerprint density at radius 2 is 1.47 bits per heavy atom. The van der Waals surface area contributed by atoms with Crippen LogP contribution in [0.3, 0.4) is 0 Å². The van der Waals surface area contributed by atoms with Crippen molar-refractivity contribution in [1.82, 2.24) is 14.8 Å². The number of aromatic nitrogens is 1. The summed E-state index contributed by atoms with van der Waals surface area (Å²) in [6.07, 6.45) is -0.433. The number of anilines is 1. The summed E-state index contributed by atoms with van der Waals surface area (Å²) >= 11 is 1.29. The molecule has 166 valence electrons. The molecule has 3 heterocycles.